The third kappa shape index (κ3) is 5.74. The van der Waals surface area contributed by atoms with Gasteiger partial charge >= 0.3 is 0 Å². The summed E-state index contributed by atoms with van der Waals surface area (Å²) in [6, 6.07) is 15.2. The average molecular weight is 413 g/mol. The summed E-state index contributed by atoms with van der Waals surface area (Å²) in [4.78, 5) is 18.3. The van der Waals surface area contributed by atoms with E-state index in [1.54, 1.807) is 37.9 Å². The molecule has 0 radical (unpaired) electrons. The number of ether oxygens (including phenoxy) is 2. The van der Waals surface area contributed by atoms with Gasteiger partial charge in [0.1, 0.15) is 11.5 Å². The van der Waals surface area contributed by atoms with Crippen molar-refractivity contribution in [1.82, 2.24) is 15.0 Å². The normalized spacial score (nSPS) is 10.6. The molecule has 0 atom stereocenters. The summed E-state index contributed by atoms with van der Waals surface area (Å²) in [5, 5.41) is 3.99. The van der Waals surface area contributed by atoms with Crippen molar-refractivity contribution in [2.45, 2.75) is 12.3 Å². The van der Waals surface area contributed by atoms with E-state index >= 15 is 0 Å². The van der Waals surface area contributed by atoms with Crippen molar-refractivity contribution in [1.29, 1.82) is 0 Å². The number of methoxy groups -OCH3 is 2. The van der Waals surface area contributed by atoms with Crippen molar-refractivity contribution in [2.75, 3.05) is 27.0 Å². The summed E-state index contributed by atoms with van der Waals surface area (Å²) in [6.45, 7) is 0.269. The maximum Gasteiger partial charge on any atom is 0.246 e. The van der Waals surface area contributed by atoms with Crippen molar-refractivity contribution in [3.63, 3.8) is 0 Å². The maximum atomic E-state index is 12.4. The second-order valence-electron chi connectivity index (χ2n) is 6.33. The van der Waals surface area contributed by atoms with Gasteiger partial charge in [-0.2, -0.15) is 4.98 Å². The third-order valence-corrected chi connectivity index (χ3v) is 5.26. The molecule has 1 heterocycles. The first-order chi connectivity index (χ1) is 14.1. The van der Waals surface area contributed by atoms with Gasteiger partial charge in [-0.3, -0.25) is 4.79 Å². The Bertz CT molecular complexity index is 926. The van der Waals surface area contributed by atoms with E-state index in [1.165, 1.54) is 0 Å². The van der Waals surface area contributed by atoms with Crippen molar-refractivity contribution < 1.29 is 18.8 Å². The van der Waals surface area contributed by atoms with Gasteiger partial charge in [-0.05, 0) is 42.0 Å². The molecule has 1 amide bonds. The molecule has 0 aliphatic heterocycles. The Morgan fingerprint density at radius 2 is 1.66 bits per heavy atom. The van der Waals surface area contributed by atoms with E-state index in [9.17, 15) is 4.79 Å². The molecule has 2 aromatic carbocycles. The summed E-state index contributed by atoms with van der Waals surface area (Å²) >= 11 is 1.56. The van der Waals surface area contributed by atoms with Crippen LogP contribution in [0, 0.1) is 0 Å². The number of aromatic nitrogens is 2. The van der Waals surface area contributed by atoms with Crippen LogP contribution in [-0.4, -0.2) is 48.0 Å². The lowest BCUT2D eigenvalue weighted by molar-refractivity contribution is -0.127. The molecule has 3 aromatic rings. The topological polar surface area (TPSA) is 77.7 Å². The number of thioether (sulfide) groups is 1. The van der Waals surface area contributed by atoms with Crippen LogP contribution in [0.15, 0.2) is 53.1 Å². The van der Waals surface area contributed by atoms with Gasteiger partial charge in [0.25, 0.3) is 0 Å². The summed E-state index contributed by atoms with van der Waals surface area (Å²) in [5.74, 6) is 3.60. The van der Waals surface area contributed by atoms with Crippen LogP contribution in [0.4, 0.5) is 0 Å². The monoisotopic (exact) mass is 413 g/mol. The Labute approximate surface area is 174 Å². The second-order valence-corrected chi connectivity index (χ2v) is 7.32. The number of carbonyl (C=O) groups is 1. The van der Waals surface area contributed by atoms with Crippen molar-refractivity contribution >= 4 is 17.7 Å². The fraction of sp³-hybridized carbons (Fsp3) is 0.286. The molecule has 0 aliphatic carbocycles. The predicted octanol–water partition coefficient (Wildman–Crippen LogP) is 3.65. The Morgan fingerprint density at radius 1 is 1.03 bits per heavy atom. The van der Waals surface area contributed by atoms with Gasteiger partial charge in [-0.15, -0.1) is 11.8 Å². The zero-order chi connectivity index (χ0) is 20.6. The molecule has 0 spiro atoms. The average Bonchev–Trinajstić information content (AvgIpc) is 3.22. The molecule has 8 heteroatoms. The van der Waals surface area contributed by atoms with Crippen LogP contribution in [0.2, 0.25) is 0 Å². The fourth-order valence-corrected chi connectivity index (χ4v) is 3.48. The fourth-order valence-electron chi connectivity index (χ4n) is 2.56. The highest BCUT2D eigenvalue weighted by molar-refractivity contribution is 7.99. The number of nitrogens with zero attached hydrogens (tertiary/aromatic N) is 3. The Hall–Kier alpha value is -3.00. The lowest BCUT2D eigenvalue weighted by Crippen LogP contribution is -2.28. The number of rotatable bonds is 9. The molecule has 152 valence electrons. The number of hydrogen-bond acceptors (Lipinski definition) is 7. The summed E-state index contributed by atoms with van der Waals surface area (Å²) < 4.78 is 15.6. The molecule has 0 bridgehead atoms. The van der Waals surface area contributed by atoms with Crippen LogP contribution < -0.4 is 9.47 Å². The Kier molecular flexibility index (Phi) is 7.13. The summed E-state index contributed by atoms with van der Waals surface area (Å²) in [7, 11) is 4.98. The second kappa shape index (κ2) is 9.97. The molecule has 3 rings (SSSR count). The lowest BCUT2D eigenvalue weighted by Gasteiger charge is -2.14. The van der Waals surface area contributed by atoms with E-state index in [4.69, 9.17) is 14.0 Å². The van der Waals surface area contributed by atoms with Crippen LogP contribution in [0.3, 0.4) is 0 Å². The van der Waals surface area contributed by atoms with E-state index in [0.717, 1.165) is 28.4 Å². The van der Waals surface area contributed by atoms with Crippen LogP contribution in [0.1, 0.15) is 11.5 Å². The summed E-state index contributed by atoms with van der Waals surface area (Å²) in [5.41, 5.74) is 1.97. The highest BCUT2D eigenvalue weighted by Crippen LogP contribution is 2.20. The first kappa shape index (κ1) is 20.7. The minimum atomic E-state index is 0.00714. The van der Waals surface area contributed by atoms with E-state index in [0.29, 0.717) is 17.5 Å². The zero-order valence-corrected chi connectivity index (χ0v) is 17.4. The van der Waals surface area contributed by atoms with Gasteiger partial charge in [0.2, 0.25) is 17.6 Å². The molecule has 0 unspecified atom stereocenters. The third-order valence-electron chi connectivity index (χ3n) is 4.27. The number of amides is 1. The van der Waals surface area contributed by atoms with Crippen LogP contribution in [-0.2, 0) is 17.1 Å². The molecular formula is C21H23N3O4S. The van der Waals surface area contributed by atoms with Gasteiger partial charge in [0, 0.05) is 18.4 Å². The van der Waals surface area contributed by atoms with E-state index in [-0.39, 0.29) is 12.5 Å². The molecular weight excluding hydrogens is 390 g/mol. The minimum absolute atomic E-state index is 0.00714. The van der Waals surface area contributed by atoms with E-state index < -0.39 is 0 Å². The highest BCUT2D eigenvalue weighted by atomic mass is 32.2. The Balaban J connectivity index is 1.48. The van der Waals surface area contributed by atoms with Gasteiger partial charge < -0.3 is 18.9 Å². The maximum absolute atomic E-state index is 12.4. The minimum Gasteiger partial charge on any atom is -0.497 e. The number of benzene rings is 2. The molecule has 7 nitrogen and oxygen atoms in total. The molecule has 0 aliphatic rings. The highest BCUT2D eigenvalue weighted by Gasteiger charge is 2.15. The van der Waals surface area contributed by atoms with Crippen molar-refractivity contribution in [3.8, 4) is 22.9 Å². The van der Waals surface area contributed by atoms with Crippen LogP contribution >= 0.6 is 11.8 Å². The predicted molar refractivity (Wildman–Crippen MR) is 112 cm³/mol. The van der Waals surface area contributed by atoms with Gasteiger partial charge in [0.05, 0.1) is 26.5 Å². The SMILES string of the molecule is COc1ccc(CSCC(=O)N(C)Cc2nc(-c3ccc(OC)cc3)no2)cc1. The molecule has 0 fully saturated rings. The van der Waals surface area contributed by atoms with Crippen molar-refractivity contribution in [3.05, 3.63) is 60.0 Å². The van der Waals surface area contributed by atoms with E-state index in [2.05, 4.69) is 10.1 Å². The number of carbonyl (C=O) groups excluding carboxylic acids is 1. The van der Waals surface area contributed by atoms with Crippen molar-refractivity contribution in [2.24, 2.45) is 0 Å². The molecule has 29 heavy (non-hydrogen) atoms. The first-order valence-electron chi connectivity index (χ1n) is 9.00. The van der Waals surface area contributed by atoms with E-state index in [1.807, 2.05) is 48.5 Å². The van der Waals surface area contributed by atoms with Crippen LogP contribution in [0.5, 0.6) is 11.5 Å². The zero-order valence-electron chi connectivity index (χ0n) is 16.6. The standard InChI is InChI=1S/C21H23N3O4S/c1-24(20(25)14-29-13-15-4-8-17(26-2)9-5-15)12-19-22-21(23-28-19)16-6-10-18(27-3)11-7-16/h4-11H,12-14H2,1-3H3. The quantitative estimate of drug-likeness (QED) is 0.530. The summed E-state index contributed by atoms with van der Waals surface area (Å²) in [6.07, 6.45) is 0. The number of hydrogen-bond donors (Lipinski definition) is 0. The smallest absolute Gasteiger partial charge is 0.246 e. The van der Waals surface area contributed by atoms with Gasteiger partial charge in [0.15, 0.2) is 0 Å². The molecule has 0 saturated heterocycles. The van der Waals surface area contributed by atoms with Gasteiger partial charge in [-0.1, -0.05) is 17.3 Å². The van der Waals surface area contributed by atoms with Crippen LogP contribution in [0.25, 0.3) is 11.4 Å². The molecule has 0 N–H and O–H groups in total. The first-order valence-corrected chi connectivity index (χ1v) is 10.2. The Morgan fingerprint density at radius 3 is 2.28 bits per heavy atom. The molecule has 0 saturated carbocycles. The largest absolute Gasteiger partial charge is 0.497 e. The lowest BCUT2D eigenvalue weighted by atomic mass is 10.2. The van der Waals surface area contributed by atoms with Gasteiger partial charge in [-0.25, -0.2) is 0 Å². The molecule has 1 aromatic heterocycles.